The number of ether oxygens (including phenoxy) is 1. The lowest BCUT2D eigenvalue weighted by molar-refractivity contribution is -0.142. The summed E-state index contributed by atoms with van der Waals surface area (Å²) in [5.74, 6) is -1.21. The Kier molecular flexibility index (Phi) is 7.73. The van der Waals surface area contributed by atoms with Gasteiger partial charge < -0.3 is 9.64 Å². The number of rotatable bonds is 8. The van der Waals surface area contributed by atoms with E-state index in [1.54, 1.807) is 12.4 Å². The van der Waals surface area contributed by atoms with Gasteiger partial charge in [0.15, 0.2) is 0 Å². The van der Waals surface area contributed by atoms with Crippen LogP contribution in [0.2, 0.25) is 0 Å². The van der Waals surface area contributed by atoms with E-state index in [2.05, 4.69) is 4.98 Å². The molecule has 28 heavy (non-hydrogen) atoms. The first-order valence-electron chi connectivity index (χ1n) is 9.70. The average Bonchev–Trinajstić information content (AvgIpc) is 2.68. The molecule has 0 N–H and O–H groups in total. The van der Waals surface area contributed by atoms with Gasteiger partial charge in [0.1, 0.15) is 0 Å². The minimum Gasteiger partial charge on any atom is -0.469 e. The van der Waals surface area contributed by atoms with Gasteiger partial charge in [-0.2, -0.15) is 0 Å². The molecule has 0 radical (unpaired) electrons. The second kappa shape index (κ2) is 10.0. The Hall–Kier alpha value is -2.69. The predicted octanol–water partition coefficient (Wildman–Crippen LogP) is 4.16. The molecule has 150 valence electrons. The first kappa shape index (κ1) is 21.6. The largest absolute Gasteiger partial charge is 0.469 e. The number of aromatic nitrogens is 1. The lowest BCUT2D eigenvalue weighted by Gasteiger charge is -2.37. The molecule has 0 aliphatic carbocycles. The summed E-state index contributed by atoms with van der Waals surface area (Å²) in [4.78, 5) is 32.1. The van der Waals surface area contributed by atoms with Crippen LogP contribution < -0.4 is 0 Å². The van der Waals surface area contributed by atoms with Crippen LogP contribution in [0.15, 0.2) is 54.9 Å². The van der Waals surface area contributed by atoms with Crippen molar-refractivity contribution < 1.29 is 14.3 Å². The number of carbonyl (C=O) groups is 2. The number of carbonyl (C=O) groups excluding carboxylic acids is 2. The molecule has 0 unspecified atom stereocenters. The highest BCUT2D eigenvalue weighted by molar-refractivity contribution is 5.86. The zero-order valence-electron chi connectivity index (χ0n) is 17.3. The Labute approximate surface area is 167 Å². The van der Waals surface area contributed by atoms with E-state index in [0.29, 0.717) is 0 Å². The molecule has 0 saturated carbocycles. The normalized spacial score (nSPS) is 13.2. The SMILES string of the molecule is COC(=O)C[C@@H](c1ccccc1)[C@H](C(=O)N(C(C)C)C(C)C)c1cccnc1. The minimum absolute atomic E-state index is 0.00393. The Balaban J connectivity index is 2.59. The number of benzene rings is 1. The van der Waals surface area contributed by atoms with Crippen molar-refractivity contribution in [1.82, 2.24) is 9.88 Å². The number of pyridine rings is 1. The van der Waals surface area contributed by atoms with Crippen LogP contribution in [0, 0.1) is 0 Å². The molecule has 1 aromatic heterocycles. The van der Waals surface area contributed by atoms with Crippen LogP contribution in [-0.2, 0) is 14.3 Å². The van der Waals surface area contributed by atoms with E-state index in [1.165, 1.54) is 7.11 Å². The molecule has 0 spiro atoms. The molecule has 2 atom stereocenters. The minimum atomic E-state index is -0.528. The van der Waals surface area contributed by atoms with Crippen LogP contribution in [0.4, 0.5) is 0 Å². The third-order valence-corrected chi connectivity index (χ3v) is 4.92. The van der Waals surface area contributed by atoms with Crippen molar-refractivity contribution >= 4 is 11.9 Å². The summed E-state index contributed by atoms with van der Waals surface area (Å²) in [6.45, 7) is 8.04. The third-order valence-electron chi connectivity index (χ3n) is 4.92. The highest BCUT2D eigenvalue weighted by atomic mass is 16.5. The Morgan fingerprint density at radius 2 is 1.57 bits per heavy atom. The molecule has 1 amide bonds. The maximum atomic E-state index is 13.8. The van der Waals surface area contributed by atoms with Crippen molar-refractivity contribution in [3.05, 3.63) is 66.0 Å². The molecular formula is C23H30N2O3. The van der Waals surface area contributed by atoms with Crippen molar-refractivity contribution in [1.29, 1.82) is 0 Å². The summed E-state index contributed by atoms with van der Waals surface area (Å²) >= 11 is 0. The first-order valence-corrected chi connectivity index (χ1v) is 9.70. The fraction of sp³-hybridized carbons (Fsp3) is 0.435. The van der Waals surface area contributed by atoms with Crippen LogP contribution in [0.25, 0.3) is 0 Å². The highest BCUT2D eigenvalue weighted by Gasteiger charge is 2.37. The van der Waals surface area contributed by atoms with Crippen molar-refractivity contribution in [2.45, 2.75) is 58.0 Å². The summed E-state index contributed by atoms with van der Waals surface area (Å²) in [5, 5.41) is 0. The molecule has 2 rings (SSSR count). The molecule has 5 heteroatoms. The van der Waals surface area contributed by atoms with Crippen molar-refractivity contribution in [2.75, 3.05) is 7.11 Å². The van der Waals surface area contributed by atoms with Crippen molar-refractivity contribution in [2.24, 2.45) is 0 Å². The number of nitrogens with zero attached hydrogens (tertiary/aromatic N) is 2. The van der Waals surface area contributed by atoms with Crippen molar-refractivity contribution in [3.8, 4) is 0 Å². The molecule has 1 heterocycles. The number of hydrogen-bond donors (Lipinski definition) is 0. The van der Waals surface area contributed by atoms with Gasteiger partial charge in [-0.1, -0.05) is 36.4 Å². The monoisotopic (exact) mass is 382 g/mol. The Morgan fingerprint density at radius 3 is 2.07 bits per heavy atom. The van der Waals surface area contributed by atoms with Gasteiger partial charge in [-0.05, 0) is 44.9 Å². The average molecular weight is 383 g/mol. The van der Waals surface area contributed by atoms with E-state index in [-0.39, 0.29) is 36.3 Å². The lowest BCUT2D eigenvalue weighted by Crippen LogP contribution is -2.46. The van der Waals surface area contributed by atoms with Gasteiger partial charge >= 0.3 is 5.97 Å². The molecule has 0 aliphatic heterocycles. The topological polar surface area (TPSA) is 59.5 Å². The van der Waals surface area contributed by atoms with E-state index in [1.807, 2.05) is 75.1 Å². The molecule has 0 fully saturated rings. The molecule has 0 aliphatic rings. The highest BCUT2D eigenvalue weighted by Crippen LogP contribution is 2.38. The quantitative estimate of drug-likeness (QED) is 0.643. The summed E-state index contributed by atoms with van der Waals surface area (Å²) in [6.07, 6.45) is 3.52. The predicted molar refractivity (Wildman–Crippen MR) is 110 cm³/mol. The van der Waals surface area contributed by atoms with Gasteiger partial charge in [-0.15, -0.1) is 0 Å². The number of amides is 1. The smallest absolute Gasteiger partial charge is 0.306 e. The summed E-state index contributed by atoms with van der Waals surface area (Å²) in [5.41, 5.74) is 1.74. The van der Waals surface area contributed by atoms with Crippen LogP contribution in [-0.4, -0.2) is 41.0 Å². The number of methoxy groups -OCH3 is 1. The van der Waals surface area contributed by atoms with Crippen LogP contribution >= 0.6 is 0 Å². The van der Waals surface area contributed by atoms with Gasteiger partial charge in [0.2, 0.25) is 5.91 Å². The van der Waals surface area contributed by atoms with E-state index in [4.69, 9.17) is 4.74 Å². The summed E-state index contributed by atoms with van der Waals surface area (Å²) in [7, 11) is 1.37. The van der Waals surface area contributed by atoms with Crippen molar-refractivity contribution in [3.63, 3.8) is 0 Å². The molecular weight excluding hydrogens is 352 g/mol. The maximum Gasteiger partial charge on any atom is 0.306 e. The van der Waals surface area contributed by atoms with Gasteiger partial charge in [0.05, 0.1) is 19.4 Å². The molecule has 0 saturated heterocycles. The van der Waals surface area contributed by atoms with E-state index in [9.17, 15) is 9.59 Å². The molecule has 2 aromatic rings. The maximum absolute atomic E-state index is 13.8. The van der Waals surface area contributed by atoms with Gasteiger partial charge in [0.25, 0.3) is 0 Å². The standard InChI is InChI=1S/C23H30N2O3/c1-16(2)25(17(3)4)23(27)22(19-12-9-13-24-15-19)20(14-21(26)28-5)18-10-7-6-8-11-18/h6-13,15-17,20,22H,14H2,1-5H3/t20-,22+/m0/s1. The second-order valence-corrected chi connectivity index (χ2v) is 7.49. The van der Waals surface area contributed by atoms with Gasteiger partial charge in [-0.25, -0.2) is 0 Å². The third kappa shape index (κ3) is 5.18. The molecule has 0 bridgehead atoms. The number of esters is 1. The summed E-state index contributed by atoms with van der Waals surface area (Å²) < 4.78 is 4.94. The second-order valence-electron chi connectivity index (χ2n) is 7.49. The Bertz CT molecular complexity index is 752. The fourth-order valence-corrected chi connectivity index (χ4v) is 3.76. The zero-order chi connectivity index (χ0) is 20.7. The van der Waals surface area contributed by atoms with Crippen LogP contribution in [0.1, 0.15) is 57.1 Å². The Morgan fingerprint density at radius 1 is 0.964 bits per heavy atom. The van der Waals surface area contributed by atoms with E-state index < -0.39 is 5.92 Å². The van der Waals surface area contributed by atoms with Crippen LogP contribution in [0.3, 0.4) is 0 Å². The van der Waals surface area contributed by atoms with Gasteiger partial charge in [0, 0.05) is 30.4 Å². The van der Waals surface area contributed by atoms with Gasteiger partial charge in [-0.3, -0.25) is 14.6 Å². The first-order chi connectivity index (χ1) is 13.4. The molecule has 5 nitrogen and oxygen atoms in total. The van der Waals surface area contributed by atoms with E-state index in [0.717, 1.165) is 11.1 Å². The summed E-state index contributed by atoms with van der Waals surface area (Å²) in [6, 6.07) is 13.5. The fourth-order valence-electron chi connectivity index (χ4n) is 3.76. The number of hydrogen-bond acceptors (Lipinski definition) is 4. The van der Waals surface area contributed by atoms with Crippen LogP contribution in [0.5, 0.6) is 0 Å². The zero-order valence-corrected chi connectivity index (χ0v) is 17.3. The van der Waals surface area contributed by atoms with E-state index >= 15 is 0 Å². The molecule has 1 aromatic carbocycles. The lowest BCUT2D eigenvalue weighted by atomic mass is 9.78.